The maximum absolute atomic E-state index is 11.0. The number of thioether (sulfide) groups is 1. The van der Waals surface area contributed by atoms with Gasteiger partial charge < -0.3 is 5.11 Å². The summed E-state index contributed by atoms with van der Waals surface area (Å²) < 4.78 is 1.88. The minimum atomic E-state index is -1.04. The molecule has 0 saturated carbocycles. The number of hydrogen-bond donors (Lipinski definition) is 1. The van der Waals surface area contributed by atoms with Crippen LogP contribution in [0.2, 0.25) is 5.02 Å². The van der Waals surface area contributed by atoms with Gasteiger partial charge in [0.2, 0.25) is 0 Å². The van der Waals surface area contributed by atoms with Gasteiger partial charge >= 0.3 is 5.97 Å². The van der Waals surface area contributed by atoms with Gasteiger partial charge in [-0.3, -0.25) is 9.55 Å². The number of nitrogens with zero attached hydrogens (tertiary/aromatic N) is 5. The first kappa shape index (κ1) is 18.6. The quantitative estimate of drug-likeness (QED) is 0.453. The number of carboxylic acids is 1. The normalized spacial score (nSPS) is 10.9. The highest BCUT2D eigenvalue weighted by Crippen LogP contribution is 2.32. The molecule has 0 bridgehead atoms. The van der Waals surface area contributed by atoms with Crippen LogP contribution in [0.1, 0.15) is 15.5 Å². The van der Waals surface area contributed by atoms with Gasteiger partial charge in [0.05, 0.1) is 16.5 Å². The van der Waals surface area contributed by atoms with E-state index in [1.165, 1.54) is 28.5 Å². The third-order valence-corrected chi connectivity index (χ3v) is 6.05. The Hall–Kier alpha value is -2.75. The number of aromatic nitrogens is 5. The SMILES string of the molecule is O=C(O)c1csc(CSc2nnc(-c3ccncc3)n2-c2ccccc2Cl)n1. The number of hydrogen-bond acceptors (Lipinski definition) is 7. The number of carbonyl (C=O) groups is 1. The van der Waals surface area contributed by atoms with Gasteiger partial charge in [-0.05, 0) is 24.3 Å². The predicted octanol–water partition coefficient (Wildman–Crippen LogP) is 4.43. The molecule has 7 nitrogen and oxygen atoms in total. The van der Waals surface area contributed by atoms with E-state index in [2.05, 4.69) is 20.2 Å². The fraction of sp³-hybridized carbons (Fsp3) is 0.0556. The molecule has 4 aromatic rings. The summed E-state index contributed by atoms with van der Waals surface area (Å²) in [6, 6.07) is 11.2. The zero-order chi connectivity index (χ0) is 19.5. The second kappa shape index (κ2) is 8.09. The second-order valence-corrected chi connectivity index (χ2v) is 7.84. The lowest BCUT2D eigenvalue weighted by Crippen LogP contribution is -2.01. The molecule has 1 aromatic carbocycles. The summed E-state index contributed by atoms with van der Waals surface area (Å²) in [6.07, 6.45) is 3.38. The van der Waals surface area contributed by atoms with E-state index in [4.69, 9.17) is 16.7 Å². The van der Waals surface area contributed by atoms with Gasteiger partial charge in [-0.25, -0.2) is 9.78 Å². The molecule has 0 amide bonds. The van der Waals surface area contributed by atoms with E-state index in [0.717, 1.165) is 11.3 Å². The van der Waals surface area contributed by atoms with Crippen LogP contribution in [0, 0.1) is 0 Å². The Balaban J connectivity index is 1.72. The summed E-state index contributed by atoms with van der Waals surface area (Å²) in [5, 5.41) is 21.1. The van der Waals surface area contributed by atoms with Crippen molar-refractivity contribution in [3.8, 4) is 17.1 Å². The number of thiazole rings is 1. The van der Waals surface area contributed by atoms with Crippen molar-refractivity contribution in [3.63, 3.8) is 0 Å². The van der Waals surface area contributed by atoms with Crippen LogP contribution in [0.25, 0.3) is 17.1 Å². The smallest absolute Gasteiger partial charge is 0.355 e. The van der Waals surface area contributed by atoms with E-state index in [1.807, 2.05) is 41.0 Å². The topological polar surface area (TPSA) is 93.8 Å². The van der Waals surface area contributed by atoms with Gasteiger partial charge in [0.25, 0.3) is 0 Å². The van der Waals surface area contributed by atoms with E-state index >= 15 is 0 Å². The van der Waals surface area contributed by atoms with E-state index in [-0.39, 0.29) is 5.69 Å². The predicted molar refractivity (Wildman–Crippen MR) is 108 cm³/mol. The number of pyridine rings is 1. The molecule has 0 unspecified atom stereocenters. The van der Waals surface area contributed by atoms with Crippen molar-refractivity contribution in [2.75, 3.05) is 0 Å². The summed E-state index contributed by atoms with van der Waals surface area (Å²) in [4.78, 5) is 19.2. The fourth-order valence-corrected chi connectivity index (χ4v) is 4.45. The van der Waals surface area contributed by atoms with Gasteiger partial charge in [0, 0.05) is 23.3 Å². The van der Waals surface area contributed by atoms with Gasteiger partial charge in [-0.2, -0.15) is 0 Å². The number of aromatic carboxylic acids is 1. The van der Waals surface area contributed by atoms with Gasteiger partial charge in [0.15, 0.2) is 16.7 Å². The van der Waals surface area contributed by atoms with Crippen LogP contribution in [-0.4, -0.2) is 35.8 Å². The molecule has 3 heterocycles. The summed E-state index contributed by atoms with van der Waals surface area (Å²) in [6.45, 7) is 0. The highest BCUT2D eigenvalue weighted by molar-refractivity contribution is 7.98. The summed E-state index contributed by atoms with van der Waals surface area (Å²) >= 11 is 9.14. The van der Waals surface area contributed by atoms with Crippen LogP contribution < -0.4 is 0 Å². The van der Waals surface area contributed by atoms with Crippen LogP contribution in [0.3, 0.4) is 0 Å². The van der Waals surface area contributed by atoms with Gasteiger partial charge in [-0.1, -0.05) is 35.5 Å². The molecule has 0 atom stereocenters. The zero-order valence-corrected chi connectivity index (χ0v) is 16.6. The Kier molecular flexibility index (Phi) is 5.38. The Bertz CT molecular complexity index is 1130. The van der Waals surface area contributed by atoms with Crippen molar-refractivity contribution in [2.45, 2.75) is 10.9 Å². The Morgan fingerprint density at radius 3 is 2.68 bits per heavy atom. The first-order valence-electron chi connectivity index (χ1n) is 8.04. The molecule has 3 aromatic heterocycles. The standard InChI is InChI=1S/C18H12ClN5O2S2/c19-12-3-1-2-4-14(12)24-16(11-5-7-20-8-6-11)22-23-18(24)28-10-15-21-13(9-27-15)17(25)26/h1-9H,10H2,(H,25,26). The summed E-state index contributed by atoms with van der Waals surface area (Å²) in [7, 11) is 0. The number of halogens is 1. The molecule has 0 aliphatic heterocycles. The zero-order valence-electron chi connectivity index (χ0n) is 14.2. The van der Waals surface area contributed by atoms with E-state index in [0.29, 0.717) is 26.8 Å². The lowest BCUT2D eigenvalue weighted by molar-refractivity contribution is 0.0691. The highest BCUT2D eigenvalue weighted by Gasteiger charge is 2.19. The molecule has 0 spiro atoms. The van der Waals surface area contributed by atoms with Crippen LogP contribution >= 0.6 is 34.7 Å². The number of carboxylic acid groups (broad SMARTS) is 1. The fourth-order valence-electron chi connectivity index (χ4n) is 2.50. The molecule has 0 fully saturated rings. The molecular weight excluding hydrogens is 418 g/mol. The minimum absolute atomic E-state index is 0.0469. The molecule has 0 aliphatic carbocycles. The maximum Gasteiger partial charge on any atom is 0.355 e. The van der Waals surface area contributed by atoms with E-state index in [9.17, 15) is 4.79 Å². The second-order valence-electron chi connectivity index (χ2n) is 5.55. The third-order valence-electron chi connectivity index (χ3n) is 3.76. The molecule has 4 rings (SSSR count). The lowest BCUT2D eigenvalue weighted by atomic mass is 10.2. The maximum atomic E-state index is 11.0. The first-order valence-corrected chi connectivity index (χ1v) is 10.3. The molecule has 0 aliphatic rings. The van der Waals surface area contributed by atoms with Gasteiger partial charge in [0.1, 0.15) is 5.01 Å². The Morgan fingerprint density at radius 1 is 1.18 bits per heavy atom. The molecular formula is C18H12ClN5O2S2. The van der Waals surface area contributed by atoms with E-state index < -0.39 is 5.97 Å². The minimum Gasteiger partial charge on any atom is -0.476 e. The van der Waals surface area contributed by atoms with Crippen molar-refractivity contribution in [3.05, 3.63) is 69.9 Å². The van der Waals surface area contributed by atoms with Crippen molar-refractivity contribution < 1.29 is 9.90 Å². The molecule has 140 valence electrons. The van der Waals surface area contributed by atoms with Crippen molar-refractivity contribution in [2.24, 2.45) is 0 Å². The highest BCUT2D eigenvalue weighted by atomic mass is 35.5. The van der Waals surface area contributed by atoms with Crippen molar-refractivity contribution in [1.82, 2.24) is 24.7 Å². The van der Waals surface area contributed by atoms with Crippen molar-refractivity contribution in [1.29, 1.82) is 0 Å². The largest absolute Gasteiger partial charge is 0.476 e. The van der Waals surface area contributed by atoms with Crippen LogP contribution in [-0.2, 0) is 5.75 Å². The average molecular weight is 430 g/mol. The van der Waals surface area contributed by atoms with Crippen molar-refractivity contribution >= 4 is 40.7 Å². The molecule has 1 N–H and O–H groups in total. The number of para-hydroxylation sites is 1. The Morgan fingerprint density at radius 2 is 1.96 bits per heavy atom. The van der Waals surface area contributed by atoms with Crippen LogP contribution in [0.15, 0.2) is 59.3 Å². The number of rotatable bonds is 6. The van der Waals surface area contributed by atoms with E-state index in [1.54, 1.807) is 12.4 Å². The summed E-state index contributed by atoms with van der Waals surface area (Å²) in [5.41, 5.74) is 1.66. The third kappa shape index (κ3) is 3.77. The monoisotopic (exact) mass is 429 g/mol. The summed E-state index contributed by atoms with van der Waals surface area (Å²) in [5.74, 6) is 0.0757. The molecule has 0 radical (unpaired) electrons. The van der Waals surface area contributed by atoms with Gasteiger partial charge in [-0.15, -0.1) is 21.5 Å². The number of benzene rings is 1. The lowest BCUT2D eigenvalue weighted by Gasteiger charge is -2.11. The van der Waals surface area contributed by atoms with Crippen LogP contribution in [0.4, 0.5) is 0 Å². The Labute approximate surface area is 173 Å². The molecule has 10 heteroatoms. The first-order chi connectivity index (χ1) is 13.6. The average Bonchev–Trinajstić information content (AvgIpc) is 3.35. The molecule has 0 saturated heterocycles. The molecule has 28 heavy (non-hydrogen) atoms. The van der Waals surface area contributed by atoms with Crippen LogP contribution in [0.5, 0.6) is 0 Å².